The molecule has 0 aliphatic carbocycles. The summed E-state index contributed by atoms with van der Waals surface area (Å²) in [6.45, 7) is 3.45. The molecule has 0 unspecified atom stereocenters. The number of hydrogen-bond donors (Lipinski definition) is 3. The number of aromatic amines is 1. The van der Waals surface area contributed by atoms with E-state index in [1.54, 1.807) is 30.8 Å². The van der Waals surface area contributed by atoms with Gasteiger partial charge in [-0.2, -0.15) is 10.2 Å². The average Bonchev–Trinajstić information content (AvgIpc) is 3.22. The fourth-order valence-corrected chi connectivity index (χ4v) is 2.99. The number of hydrogen-bond acceptors (Lipinski definition) is 4. The Labute approximate surface area is 155 Å². The Balaban J connectivity index is 1.64. The molecule has 4 rings (SSSR count). The Kier molecular flexibility index (Phi) is 3.96. The van der Waals surface area contributed by atoms with Gasteiger partial charge in [0.05, 0.1) is 23.0 Å². The van der Waals surface area contributed by atoms with Gasteiger partial charge in [0.25, 0.3) is 0 Å². The molecule has 0 aliphatic heterocycles. The summed E-state index contributed by atoms with van der Waals surface area (Å²) in [5, 5.41) is 25.3. The highest BCUT2D eigenvalue weighted by atomic mass is 19.1. The van der Waals surface area contributed by atoms with E-state index < -0.39 is 5.60 Å². The molecule has 0 saturated heterocycles. The van der Waals surface area contributed by atoms with E-state index in [0.717, 1.165) is 27.6 Å². The minimum Gasteiger partial charge on any atom is -0.386 e. The predicted molar refractivity (Wildman–Crippen MR) is 103 cm³/mol. The van der Waals surface area contributed by atoms with Gasteiger partial charge in [0.15, 0.2) is 5.82 Å². The normalized spacial score (nSPS) is 11.9. The number of halogens is 1. The first-order valence-corrected chi connectivity index (χ1v) is 8.58. The first-order valence-electron chi connectivity index (χ1n) is 8.58. The number of aryl methyl sites for hydroxylation is 1. The standard InChI is InChI=1S/C20H20FN5O/c1-20(2,27)14-5-6-15-18(9-14)24-25-19(15)23-17-7-4-12(8-16(17)21)13-10-22-26(3)11-13/h4-11,27H,1-3H3,(H2,23,24,25). The molecular formula is C20H20FN5O. The summed E-state index contributed by atoms with van der Waals surface area (Å²) in [5.41, 5.74) is 2.55. The molecule has 138 valence electrons. The van der Waals surface area contributed by atoms with Gasteiger partial charge in [-0.05, 0) is 49.2 Å². The van der Waals surface area contributed by atoms with Crippen LogP contribution in [0.15, 0.2) is 48.8 Å². The summed E-state index contributed by atoms with van der Waals surface area (Å²) in [5.74, 6) is 0.154. The number of nitrogens with zero attached hydrogens (tertiary/aromatic N) is 3. The number of aromatic nitrogens is 4. The SMILES string of the molecule is Cn1cc(-c2ccc(Nc3n[nH]c4cc(C(C)(C)O)ccc34)c(F)c2)cn1. The van der Waals surface area contributed by atoms with Crippen molar-refractivity contribution in [2.45, 2.75) is 19.4 Å². The highest BCUT2D eigenvalue weighted by Crippen LogP contribution is 2.30. The second-order valence-corrected chi connectivity index (χ2v) is 7.11. The minimum absolute atomic E-state index is 0.336. The van der Waals surface area contributed by atoms with Crippen molar-refractivity contribution in [1.82, 2.24) is 20.0 Å². The molecule has 27 heavy (non-hydrogen) atoms. The van der Waals surface area contributed by atoms with Crippen molar-refractivity contribution in [2.24, 2.45) is 7.05 Å². The van der Waals surface area contributed by atoms with Crippen LogP contribution in [0.2, 0.25) is 0 Å². The van der Waals surface area contributed by atoms with Crippen LogP contribution in [0.4, 0.5) is 15.9 Å². The van der Waals surface area contributed by atoms with Crippen LogP contribution < -0.4 is 5.32 Å². The Morgan fingerprint density at radius 1 is 1.15 bits per heavy atom. The van der Waals surface area contributed by atoms with Gasteiger partial charge in [-0.15, -0.1) is 0 Å². The maximum absolute atomic E-state index is 14.6. The third-order valence-electron chi connectivity index (χ3n) is 4.53. The van der Waals surface area contributed by atoms with Crippen LogP contribution in [-0.4, -0.2) is 25.1 Å². The lowest BCUT2D eigenvalue weighted by molar-refractivity contribution is 0.0787. The summed E-state index contributed by atoms with van der Waals surface area (Å²) < 4.78 is 16.3. The molecule has 2 aromatic heterocycles. The van der Waals surface area contributed by atoms with Crippen LogP contribution in [0.1, 0.15) is 19.4 Å². The van der Waals surface area contributed by atoms with Crippen LogP contribution in [0.25, 0.3) is 22.0 Å². The molecule has 0 fully saturated rings. The molecule has 0 atom stereocenters. The van der Waals surface area contributed by atoms with Crippen molar-refractivity contribution in [2.75, 3.05) is 5.32 Å². The van der Waals surface area contributed by atoms with Crippen LogP contribution >= 0.6 is 0 Å². The van der Waals surface area contributed by atoms with Gasteiger partial charge in [0.2, 0.25) is 0 Å². The summed E-state index contributed by atoms with van der Waals surface area (Å²) in [4.78, 5) is 0. The van der Waals surface area contributed by atoms with E-state index in [0.29, 0.717) is 11.5 Å². The molecule has 0 bridgehead atoms. The van der Waals surface area contributed by atoms with Gasteiger partial charge in [0, 0.05) is 24.2 Å². The molecule has 2 aromatic carbocycles. The lowest BCUT2D eigenvalue weighted by Gasteiger charge is -2.17. The molecule has 0 spiro atoms. The molecule has 0 radical (unpaired) electrons. The van der Waals surface area contributed by atoms with Gasteiger partial charge < -0.3 is 10.4 Å². The maximum Gasteiger partial charge on any atom is 0.160 e. The molecule has 0 saturated carbocycles. The van der Waals surface area contributed by atoms with E-state index in [1.165, 1.54) is 6.07 Å². The van der Waals surface area contributed by atoms with Crippen molar-refractivity contribution in [3.05, 3.63) is 60.2 Å². The number of aliphatic hydroxyl groups is 1. The molecular weight excluding hydrogens is 345 g/mol. The predicted octanol–water partition coefficient (Wildman–Crippen LogP) is 4.07. The van der Waals surface area contributed by atoms with Gasteiger partial charge in [-0.3, -0.25) is 9.78 Å². The third kappa shape index (κ3) is 3.29. The van der Waals surface area contributed by atoms with Crippen LogP contribution in [-0.2, 0) is 12.6 Å². The number of nitrogens with one attached hydrogen (secondary N) is 2. The van der Waals surface area contributed by atoms with Crippen molar-refractivity contribution < 1.29 is 9.50 Å². The van der Waals surface area contributed by atoms with E-state index in [9.17, 15) is 9.50 Å². The van der Waals surface area contributed by atoms with E-state index in [-0.39, 0.29) is 5.82 Å². The lowest BCUT2D eigenvalue weighted by Crippen LogP contribution is -2.14. The van der Waals surface area contributed by atoms with Crippen LogP contribution in [0, 0.1) is 5.82 Å². The highest BCUT2D eigenvalue weighted by Gasteiger charge is 2.18. The molecule has 0 aliphatic rings. The fraction of sp³-hybridized carbons (Fsp3) is 0.200. The van der Waals surface area contributed by atoms with E-state index in [4.69, 9.17) is 0 Å². The molecule has 3 N–H and O–H groups in total. The van der Waals surface area contributed by atoms with E-state index in [1.807, 2.05) is 37.5 Å². The monoisotopic (exact) mass is 365 g/mol. The van der Waals surface area contributed by atoms with Crippen molar-refractivity contribution in [3.8, 4) is 11.1 Å². The molecule has 2 heterocycles. The topological polar surface area (TPSA) is 78.8 Å². The second-order valence-electron chi connectivity index (χ2n) is 7.11. The largest absolute Gasteiger partial charge is 0.386 e. The van der Waals surface area contributed by atoms with Crippen molar-refractivity contribution in [1.29, 1.82) is 0 Å². The fourth-order valence-electron chi connectivity index (χ4n) is 2.99. The minimum atomic E-state index is -0.943. The number of rotatable bonds is 4. The Bertz CT molecular complexity index is 1120. The van der Waals surface area contributed by atoms with Gasteiger partial charge in [-0.1, -0.05) is 12.1 Å². The molecule has 4 aromatic rings. The maximum atomic E-state index is 14.6. The molecule has 7 heteroatoms. The second kappa shape index (κ2) is 6.21. The highest BCUT2D eigenvalue weighted by molar-refractivity contribution is 5.92. The van der Waals surface area contributed by atoms with E-state index >= 15 is 0 Å². The van der Waals surface area contributed by atoms with Crippen LogP contribution in [0.5, 0.6) is 0 Å². The third-order valence-corrected chi connectivity index (χ3v) is 4.53. The van der Waals surface area contributed by atoms with E-state index in [2.05, 4.69) is 20.6 Å². The summed E-state index contributed by atoms with van der Waals surface area (Å²) >= 11 is 0. The molecule has 6 nitrogen and oxygen atoms in total. The number of anilines is 2. The van der Waals surface area contributed by atoms with Gasteiger partial charge >= 0.3 is 0 Å². The smallest absolute Gasteiger partial charge is 0.160 e. The first-order chi connectivity index (χ1) is 12.8. The van der Waals surface area contributed by atoms with Crippen LogP contribution in [0.3, 0.4) is 0 Å². The Hall–Kier alpha value is -3.19. The zero-order chi connectivity index (χ0) is 19.2. The van der Waals surface area contributed by atoms with Crippen molar-refractivity contribution in [3.63, 3.8) is 0 Å². The Morgan fingerprint density at radius 3 is 2.63 bits per heavy atom. The number of benzene rings is 2. The van der Waals surface area contributed by atoms with Gasteiger partial charge in [-0.25, -0.2) is 4.39 Å². The molecule has 0 amide bonds. The first kappa shape index (κ1) is 17.2. The zero-order valence-corrected chi connectivity index (χ0v) is 15.3. The number of H-pyrrole nitrogens is 1. The summed E-state index contributed by atoms with van der Waals surface area (Å²) in [7, 11) is 1.82. The lowest BCUT2D eigenvalue weighted by atomic mass is 9.97. The quantitative estimate of drug-likeness (QED) is 0.509. The summed E-state index contributed by atoms with van der Waals surface area (Å²) in [6.07, 6.45) is 3.53. The Morgan fingerprint density at radius 2 is 1.96 bits per heavy atom. The summed E-state index contributed by atoms with van der Waals surface area (Å²) in [6, 6.07) is 10.5. The van der Waals surface area contributed by atoms with Gasteiger partial charge in [0.1, 0.15) is 5.82 Å². The average molecular weight is 365 g/mol. The van der Waals surface area contributed by atoms with Crippen molar-refractivity contribution >= 4 is 22.4 Å². The zero-order valence-electron chi connectivity index (χ0n) is 15.3. The number of fused-ring (bicyclic) bond motifs is 1.